The van der Waals surface area contributed by atoms with Crippen LogP contribution in [-0.4, -0.2) is 22.3 Å². The van der Waals surface area contributed by atoms with E-state index >= 15 is 0 Å². The van der Waals surface area contributed by atoms with Gasteiger partial charge in [-0.25, -0.2) is 0 Å². The summed E-state index contributed by atoms with van der Waals surface area (Å²) in [4.78, 5) is 10.3. The maximum Gasteiger partial charge on any atom is 0.303 e. The van der Waals surface area contributed by atoms with Crippen molar-refractivity contribution in [3.05, 3.63) is 24.3 Å². The number of allylic oxidation sites excluding steroid dienone is 2. The van der Waals surface area contributed by atoms with Gasteiger partial charge in [0.15, 0.2) is 0 Å². The molecule has 0 spiro atoms. The fraction of sp³-hybridized carbons (Fsp3) is 0.722. The number of unbranched alkanes of at least 4 members (excludes halogenated alkanes) is 7. The van der Waals surface area contributed by atoms with E-state index in [1.54, 1.807) is 0 Å². The van der Waals surface area contributed by atoms with Gasteiger partial charge in [-0.1, -0.05) is 63.3 Å². The molecule has 0 aromatic rings. The van der Waals surface area contributed by atoms with Gasteiger partial charge in [0.05, 0.1) is 6.10 Å². The number of hydrogen-bond donors (Lipinski definition) is 2. The van der Waals surface area contributed by atoms with Gasteiger partial charge in [-0.3, -0.25) is 4.79 Å². The van der Waals surface area contributed by atoms with Crippen LogP contribution in [0.25, 0.3) is 0 Å². The number of rotatable bonds is 14. The largest absolute Gasteiger partial charge is 0.481 e. The number of hydrogen-bond acceptors (Lipinski definition) is 2. The second kappa shape index (κ2) is 15.3. The first-order valence-corrected chi connectivity index (χ1v) is 8.38. The number of aliphatic carboxylic acids is 1. The molecule has 0 aliphatic rings. The first kappa shape index (κ1) is 19.9. The van der Waals surface area contributed by atoms with Crippen LogP contribution < -0.4 is 0 Å². The van der Waals surface area contributed by atoms with Crippen molar-refractivity contribution in [2.45, 2.75) is 83.7 Å². The molecule has 0 rings (SSSR count). The molecule has 0 saturated carbocycles. The van der Waals surface area contributed by atoms with Gasteiger partial charge in [-0.05, 0) is 32.1 Å². The quantitative estimate of drug-likeness (QED) is 0.355. The van der Waals surface area contributed by atoms with Crippen molar-refractivity contribution in [2.24, 2.45) is 0 Å². The Bertz CT molecular complexity index is 295. The van der Waals surface area contributed by atoms with Crippen molar-refractivity contribution in [2.75, 3.05) is 0 Å². The third-order valence-corrected chi connectivity index (χ3v) is 3.39. The SMILES string of the molecule is CCCC/C=C\[C@@H](O)C/C=C/CCCCCCCC(=O)O. The summed E-state index contributed by atoms with van der Waals surface area (Å²) in [5.74, 6) is -0.694. The minimum absolute atomic E-state index is 0.295. The molecule has 0 aromatic carbocycles. The van der Waals surface area contributed by atoms with Gasteiger partial charge >= 0.3 is 5.97 Å². The summed E-state index contributed by atoms with van der Waals surface area (Å²) < 4.78 is 0. The van der Waals surface area contributed by atoms with Crippen LogP contribution in [0.4, 0.5) is 0 Å². The summed E-state index contributed by atoms with van der Waals surface area (Å²) >= 11 is 0. The molecule has 122 valence electrons. The molecule has 3 heteroatoms. The highest BCUT2D eigenvalue weighted by molar-refractivity contribution is 5.66. The van der Waals surface area contributed by atoms with Crippen LogP contribution in [0.3, 0.4) is 0 Å². The summed E-state index contributed by atoms with van der Waals surface area (Å²) in [5.41, 5.74) is 0. The summed E-state index contributed by atoms with van der Waals surface area (Å²) in [6, 6.07) is 0. The highest BCUT2D eigenvalue weighted by Gasteiger charge is 1.96. The van der Waals surface area contributed by atoms with Crippen molar-refractivity contribution in [1.29, 1.82) is 0 Å². The average Bonchev–Trinajstić information content (AvgIpc) is 2.45. The van der Waals surface area contributed by atoms with Gasteiger partial charge in [0, 0.05) is 6.42 Å². The Morgan fingerprint density at radius 3 is 2.33 bits per heavy atom. The number of carboxylic acids is 1. The lowest BCUT2D eigenvalue weighted by molar-refractivity contribution is -0.137. The number of aliphatic hydroxyl groups is 1. The van der Waals surface area contributed by atoms with Crippen molar-refractivity contribution >= 4 is 5.97 Å². The predicted octanol–water partition coefficient (Wildman–Crippen LogP) is 4.86. The third kappa shape index (κ3) is 16.9. The molecule has 0 aromatic heterocycles. The molecule has 0 amide bonds. The maximum absolute atomic E-state index is 10.3. The van der Waals surface area contributed by atoms with E-state index in [-0.39, 0.29) is 6.10 Å². The fourth-order valence-electron chi connectivity index (χ4n) is 2.08. The summed E-state index contributed by atoms with van der Waals surface area (Å²) in [5, 5.41) is 18.2. The monoisotopic (exact) mass is 296 g/mol. The van der Waals surface area contributed by atoms with Gasteiger partial charge in [-0.15, -0.1) is 0 Å². The highest BCUT2D eigenvalue weighted by Crippen LogP contribution is 2.08. The standard InChI is InChI=1S/C18H32O3/c1-2-3-4-11-14-17(19)15-12-9-7-5-6-8-10-13-16-18(20)21/h9,11-12,14,17,19H,2-8,10,13,15-16H2,1H3,(H,20,21)/b12-9+,14-11-/t17-/m1/s1. The number of carboxylic acid groups (broad SMARTS) is 1. The summed E-state index contributed by atoms with van der Waals surface area (Å²) in [6.45, 7) is 2.17. The van der Waals surface area contributed by atoms with Gasteiger partial charge in [0.2, 0.25) is 0 Å². The molecular formula is C18H32O3. The third-order valence-electron chi connectivity index (χ3n) is 3.39. The second-order valence-corrected chi connectivity index (χ2v) is 5.55. The van der Waals surface area contributed by atoms with E-state index in [0.29, 0.717) is 12.8 Å². The van der Waals surface area contributed by atoms with Gasteiger partial charge < -0.3 is 10.2 Å². The Labute approximate surface area is 129 Å². The molecule has 2 N–H and O–H groups in total. The topological polar surface area (TPSA) is 57.5 Å². The lowest BCUT2D eigenvalue weighted by Gasteiger charge is -2.01. The Balaban J connectivity index is 3.35. The number of carbonyl (C=O) groups is 1. The Hall–Kier alpha value is -1.09. The molecule has 0 radical (unpaired) electrons. The van der Waals surface area contributed by atoms with Crippen LogP contribution in [0.15, 0.2) is 24.3 Å². The molecule has 0 fully saturated rings. The van der Waals surface area contributed by atoms with E-state index < -0.39 is 5.97 Å². The average molecular weight is 296 g/mol. The molecule has 0 saturated heterocycles. The molecule has 21 heavy (non-hydrogen) atoms. The molecule has 1 atom stereocenters. The van der Waals surface area contributed by atoms with Crippen LogP contribution in [0.1, 0.15) is 77.6 Å². The minimum atomic E-state index is -0.694. The second-order valence-electron chi connectivity index (χ2n) is 5.55. The van der Waals surface area contributed by atoms with Crippen LogP contribution in [-0.2, 0) is 4.79 Å². The van der Waals surface area contributed by atoms with E-state index in [4.69, 9.17) is 5.11 Å². The molecule has 3 nitrogen and oxygen atoms in total. The maximum atomic E-state index is 10.3. The van der Waals surface area contributed by atoms with Crippen molar-refractivity contribution in [1.82, 2.24) is 0 Å². The zero-order valence-electron chi connectivity index (χ0n) is 13.5. The van der Waals surface area contributed by atoms with Crippen LogP contribution in [0.5, 0.6) is 0 Å². The van der Waals surface area contributed by atoms with Crippen molar-refractivity contribution < 1.29 is 15.0 Å². The number of aliphatic hydroxyl groups excluding tert-OH is 1. The van der Waals surface area contributed by atoms with E-state index in [2.05, 4.69) is 25.2 Å². The molecule has 0 aliphatic carbocycles. The highest BCUT2D eigenvalue weighted by atomic mass is 16.4. The smallest absolute Gasteiger partial charge is 0.303 e. The molecular weight excluding hydrogens is 264 g/mol. The lowest BCUT2D eigenvalue weighted by atomic mass is 10.1. The van der Waals surface area contributed by atoms with Gasteiger partial charge in [0.1, 0.15) is 0 Å². The van der Waals surface area contributed by atoms with Crippen LogP contribution in [0, 0.1) is 0 Å². The summed E-state index contributed by atoms with van der Waals surface area (Å²) in [7, 11) is 0. The zero-order valence-corrected chi connectivity index (χ0v) is 13.5. The first-order valence-electron chi connectivity index (χ1n) is 8.38. The minimum Gasteiger partial charge on any atom is -0.481 e. The van der Waals surface area contributed by atoms with E-state index in [9.17, 15) is 9.90 Å². The zero-order chi connectivity index (χ0) is 15.8. The van der Waals surface area contributed by atoms with E-state index in [0.717, 1.165) is 44.9 Å². The van der Waals surface area contributed by atoms with Crippen LogP contribution >= 0.6 is 0 Å². The van der Waals surface area contributed by atoms with Gasteiger partial charge in [0.25, 0.3) is 0 Å². The fourth-order valence-corrected chi connectivity index (χ4v) is 2.08. The molecule has 0 aliphatic heterocycles. The molecule has 0 heterocycles. The van der Waals surface area contributed by atoms with Crippen molar-refractivity contribution in [3.8, 4) is 0 Å². The van der Waals surface area contributed by atoms with Crippen LogP contribution in [0.2, 0.25) is 0 Å². The van der Waals surface area contributed by atoms with E-state index in [1.807, 2.05) is 6.08 Å². The predicted molar refractivity (Wildman–Crippen MR) is 88.4 cm³/mol. The first-order chi connectivity index (χ1) is 10.2. The van der Waals surface area contributed by atoms with Crippen molar-refractivity contribution in [3.63, 3.8) is 0 Å². The molecule has 0 unspecified atom stereocenters. The normalized spacial score (nSPS) is 13.2. The summed E-state index contributed by atoms with van der Waals surface area (Å²) in [6.07, 6.45) is 18.5. The lowest BCUT2D eigenvalue weighted by Crippen LogP contribution is -1.99. The Morgan fingerprint density at radius 2 is 1.62 bits per heavy atom. The Morgan fingerprint density at radius 1 is 0.952 bits per heavy atom. The molecule has 0 bridgehead atoms. The van der Waals surface area contributed by atoms with E-state index in [1.165, 1.54) is 12.8 Å². The van der Waals surface area contributed by atoms with Gasteiger partial charge in [-0.2, -0.15) is 0 Å². The Kier molecular flexibility index (Phi) is 14.5.